The Labute approximate surface area is 115 Å². The molecule has 1 aromatic carbocycles. The van der Waals surface area contributed by atoms with Crippen LogP contribution in [0.1, 0.15) is 25.0 Å². The molecule has 0 aliphatic carbocycles. The molecule has 0 radical (unpaired) electrons. The maximum atomic E-state index is 9.86. The molecule has 0 fully saturated rings. The molecule has 4 heteroatoms. The number of nitrogens with one attached hydrogen (secondary N) is 1. The molecule has 3 N–H and O–H groups in total. The number of aliphatic hydroxyl groups is 2. The second kappa shape index (κ2) is 6.89. The standard InChI is InChI=1S/C15H25NO3/c1-11-6-5-7-14(12(11)2)19-9-13(18)8-16-15(3,4)10-17/h5-7,13,16-18H,8-10H2,1-4H3/t13-/m0/s1. The lowest BCUT2D eigenvalue weighted by Gasteiger charge is -2.25. The Morgan fingerprint density at radius 2 is 2.00 bits per heavy atom. The predicted molar refractivity (Wildman–Crippen MR) is 76.6 cm³/mol. The van der Waals surface area contributed by atoms with Crippen LogP contribution in [0.15, 0.2) is 18.2 Å². The van der Waals surface area contributed by atoms with Crippen molar-refractivity contribution in [1.82, 2.24) is 5.32 Å². The molecule has 0 spiro atoms. The molecule has 0 unspecified atom stereocenters. The van der Waals surface area contributed by atoms with Gasteiger partial charge in [0, 0.05) is 12.1 Å². The summed E-state index contributed by atoms with van der Waals surface area (Å²) in [6.07, 6.45) is -0.606. The van der Waals surface area contributed by atoms with Crippen molar-refractivity contribution in [3.05, 3.63) is 29.3 Å². The van der Waals surface area contributed by atoms with E-state index in [1.54, 1.807) is 0 Å². The van der Waals surface area contributed by atoms with E-state index in [4.69, 9.17) is 9.84 Å². The molecule has 0 aliphatic heterocycles. The van der Waals surface area contributed by atoms with Crippen LogP contribution in [0, 0.1) is 13.8 Å². The lowest BCUT2D eigenvalue weighted by molar-refractivity contribution is 0.0904. The second-order valence-corrected chi connectivity index (χ2v) is 5.59. The number of benzene rings is 1. The summed E-state index contributed by atoms with van der Waals surface area (Å²) in [6.45, 7) is 8.44. The highest BCUT2D eigenvalue weighted by Crippen LogP contribution is 2.20. The van der Waals surface area contributed by atoms with E-state index in [0.29, 0.717) is 6.54 Å². The predicted octanol–water partition coefficient (Wildman–Crippen LogP) is 1.40. The van der Waals surface area contributed by atoms with E-state index in [2.05, 4.69) is 5.32 Å². The van der Waals surface area contributed by atoms with Gasteiger partial charge in [0.05, 0.1) is 6.61 Å². The second-order valence-electron chi connectivity index (χ2n) is 5.59. The highest BCUT2D eigenvalue weighted by Gasteiger charge is 2.17. The van der Waals surface area contributed by atoms with E-state index in [0.717, 1.165) is 11.3 Å². The van der Waals surface area contributed by atoms with Crippen molar-refractivity contribution in [3.8, 4) is 5.75 Å². The van der Waals surface area contributed by atoms with Gasteiger partial charge >= 0.3 is 0 Å². The van der Waals surface area contributed by atoms with Gasteiger partial charge in [0.1, 0.15) is 18.5 Å². The van der Waals surface area contributed by atoms with Gasteiger partial charge in [-0.3, -0.25) is 0 Å². The minimum Gasteiger partial charge on any atom is -0.491 e. The lowest BCUT2D eigenvalue weighted by atomic mass is 10.1. The van der Waals surface area contributed by atoms with E-state index in [1.807, 2.05) is 45.9 Å². The molecule has 1 atom stereocenters. The number of hydrogen-bond acceptors (Lipinski definition) is 4. The zero-order chi connectivity index (χ0) is 14.5. The van der Waals surface area contributed by atoms with E-state index < -0.39 is 6.10 Å². The Balaban J connectivity index is 2.42. The number of hydrogen-bond donors (Lipinski definition) is 3. The van der Waals surface area contributed by atoms with Gasteiger partial charge in [0.2, 0.25) is 0 Å². The first kappa shape index (κ1) is 16.0. The minimum atomic E-state index is -0.606. The summed E-state index contributed by atoms with van der Waals surface area (Å²) in [4.78, 5) is 0. The molecule has 0 heterocycles. The summed E-state index contributed by atoms with van der Waals surface area (Å²) < 4.78 is 5.63. The van der Waals surface area contributed by atoms with Crippen molar-refractivity contribution >= 4 is 0 Å². The van der Waals surface area contributed by atoms with Crippen molar-refractivity contribution in [2.75, 3.05) is 19.8 Å². The van der Waals surface area contributed by atoms with Crippen molar-refractivity contribution < 1.29 is 14.9 Å². The third kappa shape index (κ3) is 5.19. The van der Waals surface area contributed by atoms with Gasteiger partial charge in [-0.05, 0) is 44.9 Å². The molecular weight excluding hydrogens is 242 g/mol. The van der Waals surface area contributed by atoms with Crippen LogP contribution in [0.25, 0.3) is 0 Å². The summed E-state index contributed by atoms with van der Waals surface area (Å²) in [7, 11) is 0. The maximum Gasteiger partial charge on any atom is 0.122 e. The van der Waals surface area contributed by atoms with Crippen LogP contribution in [0.2, 0.25) is 0 Å². The van der Waals surface area contributed by atoms with Crippen LogP contribution in [0.5, 0.6) is 5.75 Å². The summed E-state index contributed by atoms with van der Waals surface area (Å²) in [5, 5.41) is 22.1. The first-order chi connectivity index (χ1) is 8.85. The smallest absolute Gasteiger partial charge is 0.122 e. The molecule has 19 heavy (non-hydrogen) atoms. The molecule has 1 rings (SSSR count). The van der Waals surface area contributed by atoms with E-state index in [1.165, 1.54) is 5.56 Å². The maximum absolute atomic E-state index is 9.86. The molecule has 0 saturated carbocycles. The molecule has 0 bridgehead atoms. The molecule has 0 amide bonds. The third-order valence-corrected chi connectivity index (χ3v) is 3.20. The van der Waals surface area contributed by atoms with Gasteiger partial charge < -0.3 is 20.3 Å². The van der Waals surface area contributed by atoms with E-state index in [-0.39, 0.29) is 18.8 Å². The average molecular weight is 267 g/mol. The molecule has 0 aromatic heterocycles. The summed E-state index contributed by atoms with van der Waals surface area (Å²) >= 11 is 0. The zero-order valence-electron chi connectivity index (χ0n) is 12.2. The first-order valence-corrected chi connectivity index (χ1v) is 6.58. The molecule has 1 aromatic rings. The normalized spacial score (nSPS) is 13.4. The highest BCUT2D eigenvalue weighted by atomic mass is 16.5. The average Bonchev–Trinajstić information content (AvgIpc) is 2.38. The Kier molecular flexibility index (Phi) is 5.79. The molecule has 108 valence electrons. The molecule has 0 saturated heterocycles. The van der Waals surface area contributed by atoms with Gasteiger partial charge in [-0.2, -0.15) is 0 Å². The monoisotopic (exact) mass is 267 g/mol. The van der Waals surface area contributed by atoms with Crippen molar-refractivity contribution in [2.24, 2.45) is 0 Å². The number of β-amino-alcohol motifs (C(OH)–C–C–N with tert-alkyl or cyclic N) is 1. The summed E-state index contributed by atoms with van der Waals surface area (Å²) in [5.74, 6) is 0.806. The topological polar surface area (TPSA) is 61.7 Å². The van der Waals surface area contributed by atoms with Gasteiger partial charge in [0.25, 0.3) is 0 Å². The Hall–Kier alpha value is -1.10. The van der Waals surface area contributed by atoms with Gasteiger partial charge in [-0.1, -0.05) is 12.1 Å². The fraction of sp³-hybridized carbons (Fsp3) is 0.600. The number of ether oxygens (including phenoxy) is 1. The third-order valence-electron chi connectivity index (χ3n) is 3.20. The van der Waals surface area contributed by atoms with Crippen LogP contribution in [0.3, 0.4) is 0 Å². The van der Waals surface area contributed by atoms with Gasteiger partial charge in [-0.15, -0.1) is 0 Å². The number of rotatable bonds is 7. The van der Waals surface area contributed by atoms with Gasteiger partial charge in [-0.25, -0.2) is 0 Å². The lowest BCUT2D eigenvalue weighted by Crippen LogP contribution is -2.47. The quantitative estimate of drug-likeness (QED) is 0.699. The Morgan fingerprint density at radius 3 is 2.63 bits per heavy atom. The summed E-state index contributed by atoms with van der Waals surface area (Å²) in [5.41, 5.74) is 1.88. The number of aliphatic hydroxyl groups excluding tert-OH is 2. The fourth-order valence-electron chi connectivity index (χ4n) is 1.58. The zero-order valence-corrected chi connectivity index (χ0v) is 12.2. The van der Waals surface area contributed by atoms with Crippen LogP contribution >= 0.6 is 0 Å². The van der Waals surface area contributed by atoms with Crippen LogP contribution < -0.4 is 10.1 Å². The SMILES string of the molecule is Cc1cccc(OC[C@@H](O)CNC(C)(C)CO)c1C. The Bertz CT molecular complexity index is 404. The molecule has 4 nitrogen and oxygen atoms in total. The van der Waals surface area contributed by atoms with Crippen molar-refractivity contribution in [1.29, 1.82) is 0 Å². The Morgan fingerprint density at radius 1 is 1.32 bits per heavy atom. The molecule has 0 aliphatic rings. The van der Waals surface area contributed by atoms with Crippen molar-refractivity contribution in [2.45, 2.75) is 39.3 Å². The van der Waals surface area contributed by atoms with Crippen LogP contribution in [0.4, 0.5) is 0 Å². The van der Waals surface area contributed by atoms with E-state index in [9.17, 15) is 5.11 Å². The number of aryl methyl sites for hydroxylation is 1. The highest BCUT2D eigenvalue weighted by molar-refractivity contribution is 5.38. The van der Waals surface area contributed by atoms with Crippen molar-refractivity contribution in [3.63, 3.8) is 0 Å². The first-order valence-electron chi connectivity index (χ1n) is 6.58. The van der Waals surface area contributed by atoms with Crippen LogP contribution in [-0.2, 0) is 0 Å². The summed E-state index contributed by atoms with van der Waals surface area (Å²) in [6, 6.07) is 5.88. The molecular formula is C15H25NO3. The van der Waals surface area contributed by atoms with E-state index >= 15 is 0 Å². The van der Waals surface area contributed by atoms with Gasteiger partial charge in [0.15, 0.2) is 0 Å². The fourth-order valence-corrected chi connectivity index (χ4v) is 1.58. The minimum absolute atomic E-state index is 0.0254. The van der Waals surface area contributed by atoms with Crippen LogP contribution in [-0.4, -0.2) is 41.6 Å². The largest absolute Gasteiger partial charge is 0.491 e.